The minimum Gasteiger partial charge on any atom is -0.493 e. The minimum absolute atomic E-state index is 0.0437. The number of amides is 1. The lowest BCUT2D eigenvalue weighted by molar-refractivity contribution is -0.140. The second-order valence-electron chi connectivity index (χ2n) is 8.18. The van der Waals surface area contributed by atoms with E-state index in [-0.39, 0.29) is 49.8 Å². The molecule has 0 spiro atoms. The molecule has 38 heavy (non-hydrogen) atoms. The Balaban J connectivity index is 1.81. The molecule has 2 aromatic heterocycles. The average Bonchev–Trinajstić information content (AvgIpc) is 3.28. The third kappa shape index (κ3) is 6.76. The molecule has 0 saturated carbocycles. The van der Waals surface area contributed by atoms with Crippen LogP contribution in [0.25, 0.3) is 16.9 Å². The molecule has 1 atom stereocenters. The van der Waals surface area contributed by atoms with E-state index in [1.54, 1.807) is 0 Å². The van der Waals surface area contributed by atoms with Gasteiger partial charge >= 0.3 is 12.1 Å². The topological polar surface area (TPSA) is 122 Å². The van der Waals surface area contributed by atoms with E-state index >= 15 is 8.78 Å². The second-order valence-corrected chi connectivity index (χ2v) is 8.54. The number of carbonyl (C=O) groups excluding carboxylic acids is 1. The first-order valence-electron chi connectivity index (χ1n) is 11.1. The molecule has 206 valence electrons. The molecule has 3 rings (SSSR count). The Kier molecular flexibility index (Phi) is 8.91. The number of benzene rings is 1. The van der Waals surface area contributed by atoms with Gasteiger partial charge in [-0.3, -0.25) is 9.59 Å². The summed E-state index contributed by atoms with van der Waals surface area (Å²) in [6.07, 6.45) is -3.92. The van der Waals surface area contributed by atoms with Crippen molar-refractivity contribution in [3.63, 3.8) is 0 Å². The van der Waals surface area contributed by atoms with Gasteiger partial charge in [0.2, 0.25) is 5.91 Å². The van der Waals surface area contributed by atoms with Crippen LogP contribution in [0.1, 0.15) is 26.2 Å². The predicted octanol–water partition coefficient (Wildman–Crippen LogP) is 4.18. The van der Waals surface area contributed by atoms with Crippen LogP contribution in [-0.2, 0) is 9.59 Å². The fourth-order valence-corrected chi connectivity index (χ4v) is 3.61. The first-order chi connectivity index (χ1) is 17.8. The molecule has 0 fully saturated rings. The number of aliphatic carboxylic acids is 1. The Morgan fingerprint density at radius 1 is 1.21 bits per heavy atom. The number of hydrogen-bond donors (Lipinski definition) is 2. The van der Waals surface area contributed by atoms with Crippen LogP contribution in [0.4, 0.5) is 27.8 Å². The lowest BCUT2D eigenvalue weighted by Gasteiger charge is -2.22. The first-order valence-corrected chi connectivity index (χ1v) is 11.5. The number of carboxylic acid groups (broad SMARTS) is 1. The summed E-state index contributed by atoms with van der Waals surface area (Å²) in [5.41, 5.74) is -1.25. The van der Waals surface area contributed by atoms with Gasteiger partial charge in [0, 0.05) is 32.1 Å². The highest BCUT2D eigenvalue weighted by Crippen LogP contribution is 2.39. The van der Waals surface area contributed by atoms with E-state index in [1.165, 1.54) is 11.9 Å². The number of carbonyl (C=O) groups is 2. The first kappa shape index (κ1) is 28.8. The normalized spacial score (nSPS) is 12.4. The van der Waals surface area contributed by atoms with Crippen LogP contribution in [0, 0.1) is 11.6 Å². The number of hydrogen-bond acceptors (Lipinski definition) is 7. The van der Waals surface area contributed by atoms with Crippen molar-refractivity contribution in [1.29, 1.82) is 0 Å². The molecule has 10 nitrogen and oxygen atoms in total. The third-order valence-corrected chi connectivity index (χ3v) is 5.65. The van der Waals surface area contributed by atoms with Crippen molar-refractivity contribution in [2.24, 2.45) is 0 Å². The molecule has 0 aliphatic heterocycles. The van der Waals surface area contributed by atoms with Gasteiger partial charge in [-0.25, -0.2) is 8.78 Å². The standard InChI is InChI=1S/C22H22ClF5N6O4/c1-11(22(26,27)28)31-20-18(19(23)32-21-29-10-30-34(20)21)17-13(24)8-12(9-14(17)25)38-7-3-6-33(2)15(35)4-5-16(36)37/h8-11,31H,3-7H2,1-2H3,(H,36,37)/t11-/m0/s1. The highest BCUT2D eigenvalue weighted by Gasteiger charge is 2.37. The monoisotopic (exact) mass is 564 g/mol. The summed E-state index contributed by atoms with van der Waals surface area (Å²) in [4.78, 5) is 31.3. The Morgan fingerprint density at radius 3 is 2.47 bits per heavy atom. The maximum absolute atomic E-state index is 15.1. The van der Waals surface area contributed by atoms with E-state index < -0.39 is 51.9 Å². The number of carboxylic acids is 1. The van der Waals surface area contributed by atoms with Crippen molar-refractivity contribution in [2.75, 3.05) is 25.5 Å². The maximum Gasteiger partial charge on any atom is 0.408 e. The van der Waals surface area contributed by atoms with Gasteiger partial charge in [0.15, 0.2) is 0 Å². The van der Waals surface area contributed by atoms with E-state index in [0.29, 0.717) is 0 Å². The highest BCUT2D eigenvalue weighted by molar-refractivity contribution is 6.33. The lowest BCUT2D eigenvalue weighted by atomic mass is 10.1. The summed E-state index contributed by atoms with van der Waals surface area (Å²) in [5, 5.41) is 14.1. The van der Waals surface area contributed by atoms with Crippen LogP contribution >= 0.6 is 11.6 Å². The molecule has 2 N–H and O–H groups in total. The van der Waals surface area contributed by atoms with Gasteiger partial charge in [0.25, 0.3) is 5.78 Å². The number of halogens is 6. The SMILES string of the molecule is C[C@H](Nc1c(-c2c(F)cc(OCCCN(C)C(=O)CCC(=O)O)cc2F)c(Cl)nc2ncnn12)C(F)(F)F. The average molecular weight is 565 g/mol. The zero-order chi connectivity index (χ0) is 28.2. The lowest BCUT2D eigenvalue weighted by Crippen LogP contribution is -2.34. The molecule has 0 aliphatic carbocycles. The summed E-state index contributed by atoms with van der Waals surface area (Å²) >= 11 is 6.14. The van der Waals surface area contributed by atoms with Gasteiger partial charge < -0.3 is 20.1 Å². The maximum atomic E-state index is 15.1. The molecule has 2 heterocycles. The molecule has 1 amide bonds. The minimum atomic E-state index is -4.70. The Hall–Kier alpha value is -3.75. The van der Waals surface area contributed by atoms with Crippen molar-refractivity contribution in [3.05, 3.63) is 35.2 Å². The molecule has 3 aromatic rings. The smallest absolute Gasteiger partial charge is 0.408 e. The highest BCUT2D eigenvalue weighted by atomic mass is 35.5. The third-order valence-electron chi connectivity index (χ3n) is 5.38. The van der Waals surface area contributed by atoms with Gasteiger partial charge in [0.1, 0.15) is 40.7 Å². The van der Waals surface area contributed by atoms with Gasteiger partial charge in [-0.05, 0) is 13.3 Å². The Morgan fingerprint density at radius 2 is 1.87 bits per heavy atom. The fourth-order valence-electron chi connectivity index (χ4n) is 3.35. The Bertz CT molecular complexity index is 1310. The summed E-state index contributed by atoms with van der Waals surface area (Å²) in [5.74, 6) is -4.73. The molecular weight excluding hydrogens is 543 g/mol. The molecule has 0 aliphatic rings. The van der Waals surface area contributed by atoms with E-state index in [4.69, 9.17) is 21.4 Å². The zero-order valence-electron chi connectivity index (χ0n) is 20.0. The largest absolute Gasteiger partial charge is 0.493 e. The number of fused-ring (bicyclic) bond motifs is 1. The van der Waals surface area contributed by atoms with E-state index in [1.807, 2.05) is 0 Å². The second kappa shape index (κ2) is 11.8. The number of alkyl halides is 3. The summed E-state index contributed by atoms with van der Waals surface area (Å²) in [7, 11) is 1.48. The van der Waals surface area contributed by atoms with E-state index in [0.717, 1.165) is 29.9 Å². The van der Waals surface area contributed by atoms with Gasteiger partial charge in [0.05, 0.1) is 24.2 Å². The Labute approximate surface area is 217 Å². The quantitative estimate of drug-likeness (QED) is 0.202. The number of nitrogens with one attached hydrogen (secondary N) is 1. The summed E-state index contributed by atoms with van der Waals surface area (Å²) in [6, 6.07) is -0.479. The van der Waals surface area contributed by atoms with Crippen LogP contribution < -0.4 is 10.1 Å². The van der Waals surface area contributed by atoms with Crippen molar-refractivity contribution >= 4 is 35.1 Å². The number of aromatic nitrogens is 4. The fraction of sp³-hybridized carbons (Fsp3) is 0.409. The number of anilines is 1. The molecule has 0 radical (unpaired) electrons. The number of nitrogens with zero attached hydrogens (tertiary/aromatic N) is 5. The molecule has 1 aromatic carbocycles. The number of ether oxygens (including phenoxy) is 1. The van der Waals surface area contributed by atoms with Gasteiger partial charge in [-0.2, -0.15) is 32.8 Å². The van der Waals surface area contributed by atoms with Crippen molar-refractivity contribution < 1.29 is 41.4 Å². The van der Waals surface area contributed by atoms with Crippen LogP contribution in [0.5, 0.6) is 5.75 Å². The zero-order valence-corrected chi connectivity index (χ0v) is 20.8. The van der Waals surface area contributed by atoms with Crippen LogP contribution in [-0.4, -0.2) is 73.9 Å². The molecule has 0 bridgehead atoms. The van der Waals surface area contributed by atoms with Crippen LogP contribution in [0.15, 0.2) is 18.5 Å². The van der Waals surface area contributed by atoms with Crippen molar-refractivity contribution in [3.8, 4) is 16.9 Å². The predicted molar refractivity (Wildman–Crippen MR) is 125 cm³/mol. The van der Waals surface area contributed by atoms with Crippen LogP contribution in [0.2, 0.25) is 5.15 Å². The van der Waals surface area contributed by atoms with Crippen molar-refractivity contribution in [1.82, 2.24) is 24.5 Å². The van der Waals surface area contributed by atoms with Crippen molar-refractivity contribution in [2.45, 2.75) is 38.4 Å². The summed E-state index contributed by atoms with van der Waals surface area (Å²) in [6.45, 7) is 0.965. The molecule has 16 heteroatoms. The van der Waals surface area contributed by atoms with E-state index in [9.17, 15) is 22.8 Å². The molecular formula is C22H22ClF5N6O4. The number of rotatable bonds is 11. The van der Waals surface area contributed by atoms with Crippen LogP contribution in [0.3, 0.4) is 0 Å². The van der Waals surface area contributed by atoms with Gasteiger partial charge in [-0.1, -0.05) is 11.6 Å². The van der Waals surface area contributed by atoms with Gasteiger partial charge in [-0.15, -0.1) is 0 Å². The molecule has 0 unspecified atom stereocenters. The van der Waals surface area contributed by atoms with E-state index in [2.05, 4.69) is 20.4 Å². The molecule has 0 saturated heterocycles. The summed E-state index contributed by atoms with van der Waals surface area (Å²) < 4.78 is 76.3.